The number of halogens is 1. The van der Waals surface area contributed by atoms with Gasteiger partial charge in [0, 0.05) is 33.7 Å². The molecular weight excluding hydrogens is 451 g/mol. The third kappa shape index (κ3) is 4.63. The smallest absolute Gasteiger partial charge is 0.251 e. The third-order valence-electron chi connectivity index (χ3n) is 5.28. The lowest BCUT2D eigenvalue weighted by Gasteiger charge is -2.22. The zero-order chi connectivity index (χ0) is 19.2. The van der Waals surface area contributed by atoms with Crippen LogP contribution in [0.1, 0.15) is 35.7 Å². The maximum atomic E-state index is 12.7. The van der Waals surface area contributed by atoms with Crippen LogP contribution in [0, 0.1) is 0 Å². The highest BCUT2D eigenvalue weighted by molar-refractivity contribution is 14.1. The van der Waals surface area contributed by atoms with E-state index >= 15 is 0 Å². The molecule has 1 aliphatic heterocycles. The van der Waals surface area contributed by atoms with Crippen LogP contribution in [0.4, 0.5) is 0 Å². The first kappa shape index (κ1) is 20.1. The molecule has 2 aromatic carbocycles. The van der Waals surface area contributed by atoms with E-state index in [2.05, 4.69) is 45.8 Å². The first-order valence-corrected chi connectivity index (χ1v) is 11.0. The van der Waals surface area contributed by atoms with Crippen LogP contribution in [0.15, 0.2) is 42.5 Å². The highest BCUT2D eigenvalue weighted by Crippen LogP contribution is 2.34. The number of ether oxygens (including phenoxy) is 1. The summed E-state index contributed by atoms with van der Waals surface area (Å²) in [5.41, 5.74) is 3.87. The van der Waals surface area contributed by atoms with E-state index in [-0.39, 0.29) is 5.91 Å². The monoisotopic (exact) mass is 478 g/mol. The Bertz CT molecular complexity index is 794. The molecular formula is C22H27IN2O2. The Morgan fingerprint density at radius 2 is 2.11 bits per heavy atom. The number of para-hydroxylation sites is 1. The van der Waals surface area contributed by atoms with Gasteiger partial charge in [-0.15, -0.1) is 0 Å². The predicted molar refractivity (Wildman–Crippen MR) is 119 cm³/mol. The number of alkyl halides is 1. The van der Waals surface area contributed by atoms with Crippen molar-refractivity contribution in [1.82, 2.24) is 10.2 Å². The highest BCUT2D eigenvalue weighted by Gasteiger charge is 2.23. The summed E-state index contributed by atoms with van der Waals surface area (Å²) in [5, 5.41) is 3.12. The lowest BCUT2D eigenvalue weighted by Crippen LogP contribution is -2.40. The molecule has 144 valence electrons. The van der Waals surface area contributed by atoms with Crippen molar-refractivity contribution in [1.29, 1.82) is 0 Å². The number of amides is 1. The molecule has 1 saturated heterocycles. The molecule has 27 heavy (non-hydrogen) atoms. The number of likely N-dealkylation sites (tertiary alicyclic amines) is 1. The molecule has 1 heterocycles. The van der Waals surface area contributed by atoms with E-state index in [0.717, 1.165) is 46.4 Å². The summed E-state index contributed by atoms with van der Waals surface area (Å²) in [6, 6.07) is 14.4. The number of nitrogens with zero attached hydrogens (tertiary/aromatic N) is 1. The minimum absolute atomic E-state index is 0.0104. The highest BCUT2D eigenvalue weighted by atomic mass is 127. The van der Waals surface area contributed by atoms with Gasteiger partial charge >= 0.3 is 0 Å². The van der Waals surface area contributed by atoms with Gasteiger partial charge in [0.2, 0.25) is 0 Å². The van der Waals surface area contributed by atoms with Crippen LogP contribution in [0.2, 0.25) is 0 Å². The molecule has 1 atom stereocenters. The summed E-state index contributed by atoms with van der Waals surface area (Å²) < 4.78 is 6.53. The number of carbonyl (C=O) groups excluding carboxylic acids is 1. The molecule has 0 saturated carbocycles. The number of methoxy groups -OCH3 is 1. The molecule has 2 aromatic rings. The maximum absolute atomic E-state index is 12.7. The zero-order valence-corrected chi connectivity index (χ0v) is 18.2. The van der Waals surface area contributed by atoms with Gasteiger partial charge in [0.15, 0.2) is 0 Å². The molecule has 0 bridgehead atoms. The Labute approximate surface area is 175 Å². The second-order valence-corrected chi connectivity index (χ2v) is 7.61. The SMILES string of the molecule is CCN1CCCC1CNC(=O)c1cccc(-c2cccc(CI)c2OC)c1. The van der Waals surface area contributed by atoms with Crippen LogP contribution >= 0.6 is 22.6 Å². The number of benzene rings is 2. The number of rotatable bonds is 7. The number of likely N-dealkylation sites (N-methyl/N-ethyl adjacent to an activating group) is 1. The van der Waals surface area contributed by atoms with Gasteiger partial charge in [-0.05, 0) is 43.6 Å². The minimum Gasteiger partial charge on any atom is -0.496 e. The van der Waals surface area contributed by atoms with Crippen LogP contribution in [-0.4, -0.2) is 43.6 Å². The topological polar surface area (TPSA) is 41.6 Å². The van der Waals surface area contributed by atoms with Gasteiger partial charge in [0.1, 0.15) is 5.75 Å². The molecule has 0 radical (unpaired) electrons. The molecule has 1 fully saturated rings. The van der Waals surface area contributed by atoms with Crippen molar-refractivity contribution in [2.45, 2.75) is 30.2 Å². The second-order valence-electron chi connectivity index (χ2n) is 6.85. The number of carbonyl (C=O) groups is 1. The van der Waals surface area contributed by atoms with Crippen molar-refractivity contribution < 1.29 is 9.53 Å². The van der Waals surface area contributed by atoms with Gasteiger partial charge < -0.3 is 10.1 Å². The summed E-state index contributed by atoms with van der Waals surface area (Å²) in [6.45, 7) is 5.08. The second kappa shape index (κ2) is 9.55. The Hall–Kier alpha value is -1.60. The molecule has 5 heteroatoms. The van der Waals surface area contributed by atoms with E-state index < -0.39 is 0 Å². The standard InChI is InChI=1S/C22H27IN2O2/c1-3-25-12-6-10-19(25)15-24-22(26)17-8-4-7-16(13-17)20-11-5-9-18(14-23)21(20)27-2/h4-5,7-9,11,13,19H,3,6,10,12,14-15H2,1-2H3,(H,24,26). The molecule has 4 nitrogen and oxygen atoms in total. The number of hydrogen-bond donors (Lipinski definition) is 1. The van der Waals surface area contributed by atoms with Crippen LogP contribution in [0.5, 0.6) is 5.75 Å². The van der Waals surface area contributed by atoms with Crippen molar-refractivity contribution in [3.05, 3.63) is 53.6 Å². The minimum atomic E-state index is -0.0104. The molecule has 1 N–H and O–H groups in total. The first-order valence-electron chi connectivity index (χ1n) is 9.52. The summed E-state index contributed by atoms with van der Waals surface area (Å²) >= 11 is 2.34. The number of nitrogens with one attached hydrogen (secondary N) is 1. The van der Waals surface area contributed by atoms with Crippen molar-refractivity contribution in [3.63, 3.8) is 0 Å². The van der Waals surface area contributed by atoms with E-state index in [0.29, 0.717) is 18.2 Å². The van der Waals surface area contributed by atoms with E-state index in [4.69, 9.17) is 4.74 Å². The van der Waals surface area contributed by atoms with E-state index in [9.17, 15) is 4.79 Å². The summed E-state index contributed by atoms with van der Waals surface area (Å²) in [7, 11) is 1.70. The Balaban J connectivity index is 1.77. The van der Waals surface area contributed by atoms with Crippen LogP contribution in [0.25, 0.3) is 11.1 Å². The molecule has 1 amide bonds. The molecule has 0 aliphatic carbocycles. The average molecular weight is 478 g/mol. The largest absolute Gasteiger partial charge is 0.496 e. The Kier molecular flexibility index (Phi) is 7.13. The Morgan fingerprint density at radius 1 is 1.30 bits per heavy atom. The van der Waals surface area contributed by atoms with Crippen LogP contribution < -0.4 is 10.1 Å². The van der Waals surface area contributed by atoms with Crippen LogP contribution in [-0.2, 0) is 4.43 Å². The maximum Gasteiger partial charge on any atom is 0.251 e. The Morgan fingerprint density at radius 3 is 2.85 bits per heavy atom. The van der Waals surface area contributed by atoms with Crippen molar-refractivity contribution >= 4 is 28.5 Å². The fraction of sp³-hybridized carbons (Fsp3) is 0.409. The fourth-order valence-corrected chi connectivity index (χ4v) is 4.44. The lowest BCUT2D eigenvalue weighted by atomic mass is 9.99. The molecule has 1 aliphatic rings. The normalized spacial score (nSPS) is 17.1. The van der Waals surface area contributed by atoms with Crippen molar-refractivity contribution in [3.8, 4) is 16.9 Å². The first-order chi connectivity index (χ1) is 13.2. The van der Waals surface area contributed by atoms with Gasteiger partial charge in [-0.3, -0.25) is 9.69 Å². The lowest BCUT2D eigenvalue weighted by molar-refractivity contribution is 0.0941. The van der Waals surface area contributed by atoms with Gasteiger partial charge in [-0.2, -0.15) is 0 Å². The van der Waals surface area contributed by atoms with Crippen molar-refractivity contribution in [2.75, 3.05) is 26.7 Å². The van der Waals surface area contributed by atoms with Gasteiger partial charge in [0.05, 0.1) is 7.11 Å². The van der Waals surface area contributed by atoms with Crippen LogP contribution in [0.3, 0.4) is 0 Å². The van der Waals surface area contributed by atoms with Gasteiger partial charge in [-0.25, -0.2) is 0 Å². The fourth-order valence-electron chi connectivity index (χ4n) is 3.84. The summed E-state index contributed by atoms with van der Waals surface area (Å²) in [6.07, 6.45) is 2.38. The quantitative estimate of drug-likeness (QED) is 0.471. The molecule has 0 aromatic heterocycles. The molecule has 3 rings (SSSR count). The predicted octanol–water partition coefficient (Wildman–Crippen LogP) is 4.51. The van der Waals surface area contributed by atoms with E-state index in [1.54, 1.807) is 7.11 Å². The van der Waals surface area contributed by atoms with Gasteiger partial charge in [-0.1, -0.05) is 59.8 Å². The third-order valence-corrected chi connectivity index (χ3v) is 6.11. The van der Waals surface area contributed by atoms with Crippen molar-refractivity contribution in [2.24, 2.45) is 0 Å². The van der Waals surface area contributed by atoms with E-state index in [1.807, 2.05) is 36.4 Å². The summed E-state index contributed by atoms with van der Waals surface area (Å²) in [5.74, 6) is 0.873. The summed E-state index contributed by atoms with van der Waals surface area (Å²) in [4.78, 5) is 15.1. The average Bonchev–Trinajstić information content (AvgIpc) is 3.18. The van der Waals surface area contributed by atoms with E-state index in [1.165, 1.54) is 6.42 Å². The van der Waals surface area contributed by atoms with Gasteiger partial charge in [0.25, 0.3) is 5.91 Å². The molecule has 0 spiro atoms. The number of hydrogen-bond acceptors (Lipinski definition) is 3. The molecule has 1 unspecified atom stereocenters. The zero-order valence-electron chi connectivity index (χ0n) is 16.0.